The Morgan fingerprint density at radius 1 is 1.39 bits per heavy atom. The van der Waals surface area contributed by atoms with Crippen LogP contribution >= 0.6 is 15.9 Å². The summed E-state index contributed by atoms with van der Waals surface area (Å²) in [6, 6.07) is 8.64. The summed E-state index contributed by atoms with van der Waals surface area (Å²) in [6.07, 6.45) is 1.08. The highest BCUT2D eigenvalue weighted by Crippen LogP contribution is 2.45. The number of guanidine groups is 1. The van der Waals surface area contributed by atoms with E-state index >= 15 is 0 Å². The SMILES string of the molecule is CC(C)(C)NC(N)=N[C@@H]1C[C@H]1c1ccccc1Br. The minimum atomic E-state index is -0.0364. The van der Waals surface area contributed by atoms with Crippen LogP contribution in [0.2, 0.25) is 0 Å². The summed E-state index contributed by atoms with van der Waals surface area (Å²) in [6.45, 7) is 6.23. The first-order valence-corrected chi connectivity index (χ1v) is 7.02. The van der Waals surface area contributed by atoms with Crippen molar-refractivity contribution in [2.75, 3.05) is 0 Å². The highest BCUT2D eigenvalue weighted by Gasteiger charge is 2.39. The van der Waals surface area contributed by atoms with E-state index in [-0.39, 0.29) is 5.54 Å². The van der Waals surface area contributed by atoms with E-state index < -0.39 is 0 Å². The standard InChI is InChI=1S/C14H20BrN3/c1-14(2,3)18-13(16)17-12-8-10(12)9-6-4-5-7-11(9)15/h4-7,10,12H,8H2,1-3H3,(H3,16,17,18)/t10-,12+/m0/s1. The predicted molar refractivity (Wildman–Crippen MR) is 79.8 cm³/mol. The maximum absolute atomic E-state index is 5.91. The number of nitrogens with one attached hydrogen (secondary N) is 1. The Morgan fingerprint density at radius 3 is 2.67 bits per heavy atom. The molecule has 0 bridgehead atoms. The van der Waals surface area contributed by atoms with E-state index in [9.17, 15) is 0 Å². The minimum Gasteiger partial charge on any atom is -0.370 e. The van der Waals surface area contributed by atoms with Gasteiger partial charge in [-0.3, -0.25) is 0 Å². The fraction of sp³-hybridized carbons (Fsp3) is 0.500. The van der Waals surface area contributed by atoms with Crippen molar-refractivity contribution in [3.8, 4) is 0 Å². The zero-order chi connectivity index (χ0) is 13.3. The van der Waals surface area contributed by atoms with Crippen LogP contribution in [0.4, 0.5) is 0 Å². The maximum atomic E-state index is 5.91. The Morgan fingerprint density at radius 2 is 2.06 bits per heavy atom. The first kappa shape index (κ1) is 13.4. The third-order valence-corrected chi connectivity index (χ3v) is 3.59. The molecule has 0 aromatic heterocycles. The lowest BCUT2D eigenvalue weighted by Gasteiger charge is -2.21. The minimum absolute atomic E-state index is 0.0364. The van der Waals surface area contributed by atoms with Gasteiger partial charge in [0.15, 0.2) is 5.96 Å². The molecule has 98 valence electrons. The largest absolute Gasteiger partial charge is 0.370 e. The van der Waals surface area contributed by atoms with Gasteiger partial charge in [-0.15, -0.1) is 0 Å². The Bertz CT molecular complexity index is 462. The molecule has 0 spiro atoms. The number of hydrogen-bond donors (Lipinski definition) is 2. The lowest BCUT2D eigenvalue weighted by Crippen LogP contribution is -2.45. The Balaban J connectivity index is 2.00. The van der Waals surface area contributed by atoms with Gasteiger partial charge in [0.1, 0.15) is 0 Å². The number of hydrogen-bond acceptors (Lipinski definition) is 1. The number of nitrogens with two attached hydrogens (primary N) is 1. The Kier molecular flexibility index (Phi) is 3.66. The molecular formula is C14H20BrN3. The van der Waals surface area contributed by atoms with Crippen molar-refractivity contribution < 1.29 is 0 Å². The molecule has 1 fully saturated rings. The van der Waals surface area contributed by atoms with Crippen LogP contribution in [0.1, 0.15) is 38.7 Å². The van der Waals surface area contributed by atoms with Crippen molar-refractivity contribution in [2.45, 2.75) is 44.7 Å². The van der Waals surface area contributed by atoms with Crippen molar-refractivity contribution in [3.63, 3.8) is 0 Å². The molecule has 3 nitrogen and oxygen atoms in total. The summed E-state index contributed by atoms with van der Waals surface area (Å²) in [5, 5.41) is 3.19. The molecule has 0 saturated heterocycles. The molecule has 2 rings (SSSR count). The number of rotatable bonds is 2. The molecule has 3 N–H and O–H groups in total. The normalized spacial score (nSPS) is 23.9. The molecule has 18 heavy (non-hydrogen) atoms. The third kappa shape index (κ3) is 3.48. The second-order valence-corrected chi connectivity index (χ2v) is 6.67. The van der Waals surface area contributed by atoms with Crippen LogP contribution < -0.4 is 11.1 Å². The van der Waals surface area contributed by atoms with Gasteiger partial charge in [-0.2, -0.15) is 0 Å². The molecule has 1 aromatic carbocycles. The average Bonchev–Trinajstić information content (AvgIpc) is 2.94. The van der Waals surface area contributed by atoms with Gasteiger partial charge in [-0.25, -0.2) is 4.99 Å². The first-order valence-electron chi connectivity index (χ1n) is 6.23. The number of halogens is 1. The van der Waals surface area contributed by atoms with Crippen molar-refractivity contribution in [2.24, 2.45) is 10.7 Å². The molecule has 1 saturated carbocycles. The van der Waals surface area contributed by atoms with Crippen molar-refractivity contribution >= 4 is 21.9 Å². The maximum Gasteiger partial charge on any atom is 0.189 e. The lowest BCUT2D eigenvalue weighted by atomic mass is 10.1. The fourth-order valence-corrected chi connectivity index (χ4v) is 2.61. The van der Waals surface area contributed by atoms with Gasteiger partial charge < -0.3 is 11.1 Å². The summed E-state index contributed by atoms with van der Waals surface area (Å²) in [4.78, 5) is 4.54. The van der Waals surface area contributed by atoms with E-state index in [1.807, 2.05) is 6.07 Å². The number of aliphatic imine (C=N–C) groups is 1. The molecule has 0 unspecified atom stereocenters. The van der Waals surface area contributed by atoms with E-state index in [0.29, 0.717) is 17.9 Å². The summed E-state index contributed by atoms with van der Waals surface area (Å²) in [5.41, 5.74) is 7.20. The molecule has 0 heterocycles. The third-order valence-electron chi connectivity index (χ3n) is 2.87. The second kappa shape index (κ2) is 4.92. The fourth-order valence-electron chi connectivity index (χ4n) is 2.03. The van der Waals surface area contributed by atoms with Crippen molar-refractivity contribution in [3.05, 3.63) is 34.3 Å². The summed E-state index contributed by atoms with van der Waals surface area (Å²) >= 11 is 3.58. The van der Waals surface area contributed by atoms with Crippen LogP contribution in [0.15, 0.2) is 33.7 Å². The molecule has 1 aliphatic rings. The van der Waals surface area contributed by atoms with Gasteiger partial charge in [-0.1, -0.05) is 34.1 Å². The molecule has 0 radical (unpaired) electrons. The van der Waals surface area contributed by atoms with Gasteiger partial charge in [0.25, 0.3) is 0 Å². The summed E-state index contributed by atoms with van der Waals surface area (Å²) < 4.78 is 1.16. The molecule has 1 aromatic rings. The van der Waals surface area contributed by atoms with Gasteiger partial charge >= 0.3 is 0 Å². The van der Waals surface area contributed by atoms with Crippen LogP contribution in [0, 0.1) is 0 Å². The first-order chi connectivity index (χ1) is 8.37. The van der Waals surface area contributed by atoms with Crippen molar-refractivity contribution in [1.29, 1.82) is 0 Å². The van der Waals surface area contributed by atoms with Crippen LogP contribution in [0.5, 0.6) is 0 Å². The Hall–Kier alpha value is -1.03. The summed E-state index contributed by atoms with van der Waals surface area (Å²) in [7, 11) is 0. The lowest BCUT2D eigenvalue weighted by molar-refractivity contribution is 0.508. The van der Waals surface area contributed by atoms with Gasteiger partial charge in [0, 0.05) is 15.9 Å². The van der Waals surface area contributed by atoms with Gasteiger partial charge in [-0.05, 0) is 38.8 Å². The monoisotopic (exact) mass is 309 g/mol. The molecule has 0 amide bonds. The van der Waals surface area contributed by atoms with E-state index in [1.54, 1.807) is 0 Å². The van der Waals surface area contributed by atoms with E-state index in [0.717, 1.165) is 10.9 Å². The van der Waals surface area contributed by atoms with Gasteiger partial charge in [0.05, 0.1) is 6.04 Å². The average molecular weight is 310 g/mol. The number of nitrogens with zero attached hydrogens (tertiary/aromatic N) is 1. The molecule has 0 aliphatic heterocycles. The topological polar surface area (TPSA) is 50.4 Å². The van der Waals surface area contributed by atoms with Crippen LogP contribution in [0.25, 0.3) is 0 Å². The molecule has 2 atom stereocenters. The van der Waals surface area contributed by atoms with Crippen LogP contribution in [-0.2, 0) is 0 Å². The highest BCUT2D eigenvalue weighted by atomic mass is 79.9. The zero-order valence-electron chi connectivity index (χ0n) is 11.1. The van der Waals surface area contributed by atoms with Crippen molar-refractivity contribution in [1.82, 2.24) is 5.32 Å². The van der Waals surface area contributed by atoms with E-state index in [1.165, 1.54) is 5.56 Å². The predicted octanol–water partition coefficient (Wildman–Crippen LogP) is 3.01. The Labute approximate surface area is 117 Å². The summed E-state index contributed by atoms with van der Waals surface area (Å²) in [5.74, 6) is 1.04. The highest BCUT2D eigenvalue weighted by molar-refractivity contribution is 9.10. The van der Waals surface area contributed by atoms with Gasteiger partial charge in [0.2, 0.25) is 0 Å². The molecular weight excluding hydrogens is 290 g/mol. The van der Waals surface area contributed by atoms with E-state index in [2.05, 4.69) is 65.2 Å². The second-order valence-electron chi connectivity index (χ2n) is 5.82. The van der Waals surface area contributed by atoms with E-state index in [4.69, 9.17) is 5.73 Å². The molecule has 1 aliphatic carbocycles. The zero-order valence-corrected chi connectivity index (χ0v) is 12.7. The van der Waals surface area contributed by atoms with Crippen LogP contribution in [0.3, 0.4) is 0 Å². The quantitative estimate of drug-likeness (QED) is 0.652. The molecule has 4 heteroatoms. The van der Waals surface area contributed by atoms with Crippen LogP contribution in [-0.4, -0.2) is 17.5 Å². The smallest absolute Gasteiger partial charge is 0.189 e. The number of benzene rings is 1.